The number of nitrogens with zero attached hydrogens (tertiary/aromatic N) is 2. The molecule has 0 radical (unpaired) electrons. The molecule has 0 bridgehead atoms. The molecule has 2 aromatic rings. The van der Waals surface area contributed by atoms with Crippen LogP contribution in [0.4, 0.5) is 14.7 Å². The van der Waals surface area contributed by atoms with Crippen LogP contribution >= 0.6 is 0 Å². The predicted molar refractivity (Wildman–Crippen MR) is 62.7 cm³/mol. The number of nitrogens with one attached hydrogen (secondary N) is 1. The number of carbonyl (C=O) groups excluding carboxylic acids is 1. The SMILES string of the molecule is CNC(=O)CCn1c(N)nc2cc(F)c(F)cc21. The summed E-state index contributed by atoms with van der Waals surface area (Å²) in [7, 11) is 1.52. The summed E-state index contributed by atoms with van der Waals surface area (Å²) < 4.78 is 27.7. The van der Waals surface area contributed by atoms with Crippen molar-refractivity contribution in [2.45, 2.75) is 13.0 Å². The molecular formula is C11H12F2N4O. The molecule has 18 heavy (non-hydrogen) atoms. The van der Waals surface area contributed by atoms with Crippen molar-refractivity contribution in [1.82, 2.24) is 14.9 Å². The number of aromatic nitrogens is 2. The van der Waals surface area contributed by atoms with Crippen LogP contribution in [0.3, 0.4) is 0 Å². The van der Waals surface area contributed by atoms with Crippen LogP contribution < -0.4 is 11.1 Å². The Bertz CT molecular complexity index is 609. The van der Waals surface area contributed by atoms with E-state index in [1.807, 2.05) is 0 Å². The van der Waals surface area contributed by atoms with Crippen LogP contribution in [0.5, 0.6) is 0 Å². The Hall–Kier alpha value is -2.18. The van der Waals surface area contributed by atoms with Gasteiger partial charge in [-0.1, -0.05) is 0 Å². The van der Waals surface area contributed by atoms with Gasteiger partial charge in [0.05, 0.1) is 11.0 Å². The fourth-order valence-corrected chi connectivity index (χ4v) is 1.71. The molecule has 1 aromatic heterocycles. The van der Waals surface area contributed by atoms with Crippen LogP contribution in [0, 0.1) is 11.6 Å². The molecule has 0 saturated carbocycles. The van der Waals surface area contributed by atoms with Crippen molar-refractivity contribution in [2.75, 3.05) is 12.8 Å². The second-order valence-electron chi connectivity index (χ2n) is 3.80. The van der Waals surface area contributed by atoms with Crippen LogP contribution in [0.15, 0.2) is 12.1 Å². The highest BCUT2D eigenvalue weighted by atomic mass is 19.2. The second kappa shape index (κ2) is 4.59. The standard InChI is InChI=1S/C11H12F2N4O/c1-15-10(18)2-3-17-9-5-7(13)6(12)4-8(9)16-11(17)14/h4-5H,2-3H2,1H3,(H2,14,16)(H,15,18). The van der Waals surface area contributed by atoms with E-state index < -0.39 is 11.6 Å². The number of carbonyl (C=O) groups is 1. The molecule has 1 amide bonds. The highest BCUT2D eigenvalue weighted by Crippen LogP contribution is 2.21. The van der Waals surface area contributed by atoms with E-state index in [9.17, 15) is 13.6 Å². The van der Waals surface area contributed by atoms with Gasteiger partial charge in [-0.15, -0.1) is 0 Å². The summed E-state index contributed by atoms with van der Waals surface area (Å²) in [6.07, 6.45) is 0.186. The number of hydrogen-bond donors (Lipinski definition) is 2. The van der Waals surface area contributed by atoms with Gasteiger partial charge in [0.2, 0.25) is 11.9 Å². The van der Waals surface area contributed by atoms with Gasteiger partial charge >= 0.3 is 0 Å². The summed E-state index contributed by atoms with van der Waals surface area (Å²) in [6.45, 7) is 0.257. The Morgan fingerprint density at radius 3 is 2.78 bits per heavy atom. The topological polar surface area (TPSA) is 72.9 Å². The fraction of sp³-hybridized carbons (Fsp3) is 0.273. The molecule has 0 spiro atoms. The molecule has 0 aliphatic rings. The lowest BCUT2D eigenvalue weighted by Gasteiger charge is -2.05. The second-order valence-corrected chi connectivity index (χ2v) is 3.80. The van der Waals surface area contributed by atoms with Crippen molar-refractivity contribution >= 4 is 22.9 Å². The lowest BCUT2D eigenvalue weighted by atomic mass is 10.3. The number of hydrogen-bond acceptors (Lipinski definition) is 3. The maximum Gasteiger partial charge on any atom is 0.221 e. The molecule has 96 valence electrons. The zero-order chi connectivity index (χ0) is 13.3. The molecule has 0 atom stereocenters. The van der Waals surface area contributed by atoms with Crippen LogP contribution in [-0.4, -0.2) is 22.5 Å². The molecule has 3 N–H and O–H groups in total. The summed E-state index contributed by atoms with van der Waals surface area (Å²) in [4.78, 5) is 15.1. The summed E-state index contributed by atoms with van der Waals surface area (Å²) >= 11 is 0. The lowest BCUT2D eigenvalue weighted by Crippen LogP contribution is -2.19. The van der Waals surface area contributed by atoms with E-state index in [2.05, 4.69) is 10.3 Å². The average Bonchev–Trinajstić information content (AvgIpc) is 2.62. The minimum Gasteiger partial charge on any atom is -0.369 e. The third-order valence-electron chi connectivity index (χ3n) is 2.66. The zero-order valence-electron chi connectivity index (χ0n) is 9.70. The minimum atomic E-state index is -0.974. The normalized spacial score (nSPS) is 10.8. The van der Waals surface area contributed by atoms with Gasteiger partial charge in [-0.05, 0) is 0 Å². The monoisotopic (exact) mass is 254 g/mol. The van der Waals surface area contributed by atoms with Crippen molar-refractivity contribution in [1.29, 1.82) is 0 Å². The van der Waals surface area contributed by atoms with E-state index in [1.165, 1.54) is 11.6 Å². The van der Waals surface area contributed by atoms with Gasteiger partial charge in [0, 0.05) is 32.1 Å². The minimum absolute atomic E-state index is 0.124. The summed E-state index contributed by atoms with van der Waals surface area (Å²) in [5.74, 6) is -1.99. The molecule has 2 rings (SSSR count). The number of imidazole rings is 1. The Morgan fingerprint density at radius 1 is 1.44 bits per heavy atom. The van der Waals surface area contributed by atoms with Crippen molar-refractivity contribution in [3.63, 3.8) is 0 Å². The van der Waals surface area contributed by atoms with Gasteiger partial charge < -0.3 is 15.6 Å². The highest BCUT2D eigenvalue weighted by Gasteiger charge is 2.13. The Balaban J connectivity index is 2.40. The van der Waals surface area contributed by atoms with E-state index in [1.54, 1.807) is 0 Å². The van der Waals surface area contributed by atoms with E-state index in [-0.39, 0.29) is 30.3 Å². The Kier molecular flexibility index (Phi) is 3.14. The number of nitrogens with two attached hydrogens (primary N) is 1. The largest absolute Gasteiger partial charge is 0.369 e. The van der Waals surface area contributed by atoms with Crippen LogP contribution in [0.2, 0.25) is 0 Å². The smallest absolute Gasteiger partial charge is 0.221 e. The molecule has 1 aromatic carbocycles. The third-order valence-corrected chi connectivity index (χ3v) is 2.66. The average molecular weight is 254 g/mol. The van der Waals surface area contributed by atoms with Crippen LogP contribution in [0.1, 0.15) is 6.42 Å². The Morgan fingerprint density at radius 2 is 2.11 bits per heavy atom. The number of amides is 1. The third kappa shape index (κ3) is 2.11. The molecule has 0 aliphatic carbocycles. The zero-order valence-corrected chi connectivity index (χ0v) is 9.70. The van der Waals surface area contributed by atoms with Gasteiger partial charge in [0.25, 0.3) is 0 Å². The summed E-state index contributed by atoms with van der Waals surface area (Å²) in [5.41, 5.74) is 6.29. The molecule has 0 aliphatic heterocycles. The molecule has 1 heterocycles. The number of halogens is 2. The first-order chi connectivity index (χ1) is 8.52. The first-order valence-corrected chi connectivity index (χ1v) is 5.34. The first-order valence-electron chi connectivity index (χ1n) is 5.34. The van der Waals surface area contributed by atoms with Crippen molar-refractivity contribution in [3.8, 4) is 0 Å². The van der Waals surface area contributed by atoms with E-state index in [0.29, 0.717) is 5.52 Å². The summed E-state index contributed by atoms with van der Waals surface area (Å²) in [6, 6.07) is 2.01. The van der Waals surface area contributed by atoms with Crippen molar-refractivity contribution in [2.24, 2.45) is 0 Å². The van der Waals surface area contributed by atoms with Gasteiger partial charge in [-0.2, -0.15) is 0 Å². The maximum absolute atomic E-state index is 13.2. The number of aryl methyl sites for hydroxylation is 1. The number of nitrogen functional groups attached to an aromatic ring is 1. The number of anilines is 1. The number of fused-ring (bicyclic) bond motifs is 1. The predicted octanol–water partition coefficient (Wildman–Crippen LogP) is 1.03. The molecule has 0 fully saturated rings. The summed E-state index contributed by atoms with van der Waals surface area (Å²) in [5, 5.41) is 2.47. The van der Waals surface area contributed by atoms with E-state index >= 15 is 0 Å². The van der Waals surface area contributed by atoms with Crippen LogP contribution in [-0.2, 0) is 11.3 Å². The molecule has 0 saturated heterocycles. The first kappa shape index (κ1) is 12.3. The quantitative estimate of drug-likeness (QED) is 0.859. The molecule has 5 nitrogen and oxygen atoms in total. The van der Waals surface area contributed by atoms with E-state index in [0.717, 1.165) is 12.1 Å². The van der Waals surface area contributed by atoms with Gasteiger partial charge in [-0.3, -0.25) is 4.79 Å². The number of rotatable bonds is 3. The maximum atomic E-state index is 13.2. The van der Waals surface area contributed by atoms with E-state index in [4.69, 9.17) is 5.73 Å². The van der Waals surface area contributed by atoms with Crippen LogP contribution in [0.25, 0.3) is 11.0 Å². The molecule has 0 unspecified atom stereocenters. The van der Waals surface area contributed by atoms with Gasteiger partial charge in [0.15, 0.2) is 11.6 Å². The van der Waals surface area contributed by atoms with Gasteiger partial charge in [-0.25, -0.2) is 13.8 Å². The highest BCUT2D eigenvalue weighted by molar-refractivity contribution is 5.79. The molecular weight excluding hydrogens is 242 g/mol. The molecule has 7 heteroatoms. The lowest BCUT2D eigenvalue weighted by molar-refractivity contribution is -0.120. The van der Waals surface area contributed by atoms with Crippen molar-refractivity contribution < 1.29 is 13.6 Å². The Labute approximate surface area is 102 Å². The number of benzene rings is 1. The fourth-order valence-electron chi connectivity index (χ4n) is 1.71. The van der Waals surface area contributed by atoms with Crippen molar-refractivity contribution in [3.05, 3.63) is 23.8 Å². The van der Waals surface area contributed by atoms with Gasteiger partial charge in [0.1, 0.15) is 0 Å².